The monoisotopic (exact) mass is 282 g/mol. The molecule has 1 aliphatic heterocycles. The molecular formula is C13H15FN2O4. The number of urea groups is 1. The molecule has 20 heavy (non-hydrogen) atoms. The molecule has 0 aliphatic carbocycles. The fourth-order valence-electron chi connectivity index (χ4n) is 2.16. The lowest BCUT2D eigenvalue weighted by Crippen LogP contribution is -2.52. The van der Waals surface area contributed by atoms with E-state index in [1.165, 1.54) is 24.0 Å². The Bertz CT molecular complexity index is 547. The average Bonchev–Trinajstić information content (AvgIpc) is 2.77. The zero-order valence-corrected chi connectivity index (χ0v) is 10.8. The predicted molar refractivity (Wildman–Crippen MR) is 69.1 cm³/mol. The number of carbonyl (C=O) groups excluding carboxylic acids is 1. The van der Waals surface area contributed by atoms with E-state index < -0.39 is 30.0 Å². The van der Waals surface area contributed by atoms with Crippen molar-refractivity contribution in [3.05, 3.63) is 29.6 Å². The molecule has 0 fully saturated rings. The highest BCUT2D eigenvalue weighted by atomic mass is 19.1. The van der Waals surface area contributed by atoms with Crippen LogP contribution in [0.2, 0.25) is 0 Å². The van der Waals surface area contributed by atoms with E-state index in [4.69, 9.17) is 5.11 Å². The van der Waals surface area contributed by atoms with Crippen molar-refractivity contribution < 1.29 is 24.2 Å². The van der Waals surface area contributed by atoms with E-state index in [1.807, 2.05) is 0 Å². The number of carboxylic acids is 1. The minimum atomic E-state index is -1.40. The van der Waals surface area contributed by atoms with Gasteiger partial charge in [-0.25, -0.2) is 14.0 Å². The van der Waals surface area contributed by atoms with E-state index >= 15 is 0 Å². The lowest BCUT2D eigenvalue weighted by atomic mass is 10.1. The highest BCUT2D eigenvalue weighted by Gasteiger charge is 2.30. The van der Waals surface area contributed by atoms with Crippen LogP contribution in [-0.2, 0) is 11.2 Å². The number of halogens is 1. The van der Waals surface area contributed by atoms with Crippen LogP contribution < -0.4 is 10.2 Å². The summed E-state index contributed by atoms with van der Waals surface area (Å²) in [5, 5.41) is 20.5. The van der Waals surface area contributed by atoms with Crippen molar-refractivity contribution in [2.75, 3.05) is 11.4 Å². The number of hydrogen-bond donors (Lipinski definition) is 3. The van der Waals surface area contributed by atoms with E-state index in [0.717, 1.165) is 5.56 Å². The van der Waals surface area contributed by atoms with Crippen LogP contribution in [0, 0.1) is 5.82 Å². The molecule has 0 saturated heterocycles. The number of nitrogens with zero attached hydrogens (tertiary/aromatic N) is 1. The number of fused-ring (bicyclic) bond motifs is 1. The van der Waals surface area contributed by atoms with E-state index in [0.29, 0.717) is 18.7 Å². The molecule has 0 spiro atoms. The summed E-state index contributed by atoms with van der Waals surface area (Å²) in [7, 11) is 0. The van der Waals surface area contributed by atoms with Gasteiger partial charge in [0, 0.05) is 6.54 Å². The van der Waals surface area contributed by atoms with Gasteiger partial charge in [-0.05, 0) is 31.0 Å². The highest BCUT2D eigenvalue weighted by Crippen LogP contribution is 2.28. The Hall–Kier alpha value is -2.15. The van der Waals surface area contributed by atoms with Gasteiger partial charge in [0.15, 0.2) is 6.04 Å². The first-order chi connectivity index (χ1) is 9.40. The standard InChI is InChI=1S/C13H15FN2O4/c1-7(17)11(12(18)19)15-13(20)16-5-4-8-2-3-9(14)6-10(8)16/h2-3,6-7,11,17H,4-5H2,1H3,(H,15,20)(H,18,19)/t7-,11+/m1/s1. The molecule has 108 valence electrons. The SMILES string of the molecule is C[C@@H](O)[C@H](NC(=O)N1CCc2ccc(F)cc21)C(=O)O. The fraction of sp³-hybridized carbons (Fsp3) is 0.385. The van der Waals surface area contributed by atoms with E-state index in [9.17, 15) is 19.1 Å². The van der Waals surface area contributed by atoms with Gasteiger partial charge in [0.2, 0.25) is 0 Å². The Morgan fingerprint density at radius 1 is 1.45 bits per heavy atom. The van der Waals surface area contributed by atoms with Gasteiger partial charge in [0.25, 0.3) is 0 Å². The summed E-state index contributed by atoms with van der Waals surface area (Å²) in [5.41, 5.74) is 1.25. The number of carbonyl (C=O) groups is 2. The quantitative estimate of drug-likeness (QED) is 0.762. The van der Waals surface area contributed by atoms with Crippen molar-refractivity contribution in [1.29, 1.82) is 0 Å². The zero-order chi connectivity index (χ0) is 14.9. The number of aliphatic hydroxyl groups is 1. The largest absolute Gasteiger partial charge is 0.480 e. The molecule has 1 aromatic rings. The van der Waals surface area contributed by atoms with Crippen LogP contribution in [0.3, 0.4) is 0 Å². The molecule has 0 bridgehead atoms. The van der Waals surface area contributed by atoms with Crippen molar-refractivity contribution in [1.82, 2.24) is 5.32 Å². The number of anilines is 1. The van der Waals surface area contributed by atoms with Crippen LogP contribution in [0.1, 0.15) is 12.5 Å². The molecule has 0 saturated carbocycles. The average molecular weight is 282 g/mol. The molecule has 2 rings (SSSR count). The number of aliphatic hydroxyl groups excluding tert-OH is 1. The van der Waals surface area contributed by atoms with Gasteiger partial charge >= 0.3 is 12.0 Å². The molecule has 0 aromatic heterocycles. The third kappa shape index (κ3) is 2.72. The zero-order valence-electron chi connectivity index (χ0n) is 10.8. The van der Waals surface area contributed by atoms with Crippen LogP contribution in [0.25, 0.3) is 0 Å². The third-order valence-electron chi connectivity index (χ3n) is 3.22. The second kappa shape index (κ2) is 5.46. The molecular weight excluding hydrogens is 267 g/mol. The van der Waals surface area contributed by atoms with Gasteiger partial charge in [-0.3, -0.25) is 4.90 Å². The lowest BCUT2D eigenvalue weighted by molar-refractivity contribution is -0.141. The number of benzene rings is 1. The molecule has 0 unspecified atom stereocenters. The van der Waals surface area contributed by atoms with E-state index in [2.05, 4.69) is 5.32 Å². The topological polar surface area (TPSA) is 89.9 Å². The highest BCUT2D eigenvalue weighted by molar-refractivity contribution is 5.96. The van der Waals surface area contributed by atoms with Crippen LogP contribution in [0.15, 0.2) is 18.2 Å². The summed E-state index contributed by atoms with van der Waals surface area (Å²) < 4.78 is 13.2. The minimum absolute atomic E-state index is 0.344. The summed E-state index contributed by atoms with van der Waals surface area (Å²) in [4.78, 5) is 24.3. The lowest BCUT2D eigenvalue weighted by Gasteiger charge is -2.23. The fourth-order valence-corrected chi connectivity index (χ4v) is 2.16. The van der Waals surface area contributed by atoms with E-state index in [1.54, 1.807) is 6.07 Å². The Labute approximate surface area is 114 Å². The van der Waals surface area contributed by atoms with Gasteiger partial charge < -0.3 is 15.5 Å². The number of hydrogen-bond acceptors (Lipinski definition) is 3. The second-order valence-electron chi connectivity index (χ2n) is 4.68. The Balaban J connectivity index is 2.16. The Kier molecular flexibility index (Phi) is 3.89. The van der Waals surface area contributed by atoms with Crippen molar-refractivity contribution in [3.8, 4) is 0 Å². The molecule has 1 aliphatic rings. The van der Waals surface area contributed by atoms with Crippen LogP contribution in [0.5, 0.6) is 0 Å². The second-order valence-corrected chi connectivity index (χ2v) is 4.68. The molecule has 1 aromatic carbocycles. The number of nitrogens with one attached hydrogen (secondary N) is 1. The molecule has 2 atom stereocenters. The molecule has 3 N–H and O–H groups in total. The number of amides is 2. The van der Waals surface area contributed by atoms with Gasteiger partial charge in [0.1, 0.15) is 5.82 Å². The Morgan fingerprint density at radius 2 is 2.15 bits per heavy atom. The maximum absolute atomic E-state index is 13.2. The van der Waals surface area contributed by atoms with Crippen LogP contribution >= 0.6 is 0 Å². The number of rotatable bonds is 3. The summed E-state index contributed by atoms with van der Waals surface area (Å²) in [6.45, 7) is 1.62. The van der Waals surface area contributed by atoms with Crippen LogP contribution in [-0.4, -0.2) is 40.9 Å². The number of aliphatic carboxylic acids is 1. The van der Waals surface area contributed by atoms with Crippen molar-refractivity contribution in [3.63, 3.8) is 0 Å². The number of carboxylic acid groups (broad SMARTS) is 1. The molecule has 1 heterocycles. The first kappa shape index (κ1) is 14.3. The summed E-state index contributed by atoms with van der Waals surface area (Å²) >= 11 is 0. The predicted octanol–water partition coefficient (Wildman–Crippen LogP) is 0.732. The smallest absolute Gasteiger partial charge is 0.328 e. The normalized spacial score (nSPS) is 16.4. The van der Waals surface area contributed by atoms with Crippen molar-refractivity contribution in [2.45, 2.75) is 25.5 Å². The van der Waals surface area contributed by atoms with Gasteiger partial charge in [0.05, 0.1) is 11.8 Å². The first-order valence-electron chi connectivity index (χ1n) is 6.17. The maximum Gasteiger partial charge on any atom is 0.328 e. The molecule has 6 nitrogen and oxygen atoms in total. The maximum atomic E-state index is 13.2. The van der Waals surface area contributed by atoms with Gasteiger partial charge in [-0.2, -0.15) is 0 Å². The third-order valence-corrected chi connectivity index (χ3v) is 3.22. The Morgan fingerprint density at radius 3 is 2.75 bits per heavy atom. The molecule has 2 amide bonds. The van der Waals surface area contributed by atoms with Gasteiger partial charge in [-0.15, -0.1) is 0 Å². The van der Waals surface area contributed by atoms with E-state index in [-0.39, 0.29) is 0 Å². The molecule has 0 radical (unpaired) electrons. The first-order valence-corrected chi connectivity index (χ1v) is 6.17. The summed E-state index contributed by atoms with van der Waals surface area (Å²) in [5.74, 6) is -1.79. The minimum Gasteiger partial charge on any atom is -0.480 e. The van der Waals surface area contributed by atoms with Crippen molar-refractivity contribution in [2.24, 2.45) is 0 Å². The van der Waals surface area contributed by atoms with Crippen LogP contribution in [0.4, 0.5) is 14.9 Å². The van der Waals surface area contributed by atoms with Crippen molar-refractivity contribution >= 4 is 17.7 Å². The van der Waals surface area contributed by atoms with Gasteiger partial charge in [-0.1, -0.05) is 6.07 Å². The summed E-state index contributed by atoms with van der Waals surface area (Å²) in [6.07, 6.45) is -0.652. The molecule has 7 heteroatoms. The summed E-state index contributed by atoms with van der Waals surface area (Å²) in [6, 6.07) is 2.08.